The smallest absolute Gasteiger partial charge is 0.194 e. The highest BCUT2D eigenvalue weighted by Crippen LogP contribution is 2.67. The minimum Gasteiger partial charge on any atom is -0.299 e. The number of aryl methyl sites for hydroxylation is 1. The zero-order valence-corrected chi connectivity index (χ0v) is 13.6. The fraction of sp³-hybridized carbons (Fsp3) is 0.500. The lowest BCUT2D eigenvalue weighted by Crippen LogP contribution is -2.22. The van der Waals surface area contributed by atoms with Crippen LogP contribution < -0.4 is 0 Å². The van der Waals surface area contributed by atoms with Gasteiger partial charge in [-0.05, 0) is 31.9 Å². The van der Waals surface area contributed by atoms with Crippen LogP contribution in [0.2, 0.25) is 0 Å². The van der Waals surface area contributed by atoms with Crippen LogP contribution >= 0.6 is 22.6 Å². The van der Waals surface area contributed by atoms with E-state index in [1.54, 1.807) is 24.3 Å². The second kappa shape index (κ2) is 4.28. The summed E-state index contributed by atoms with van der Waals surface area (Å²) in [6.45, 7) is 1.93. The molecule has 19 heavy (non-hydrogen) atoms. The number of Topliss-reactive ketones (excluding diaryl/α,β-unsaturated/α-hetero) is 1. The van der Waals surface area contributed by atoms with E-state index < -0.39 is 12.6 Å². The van der Waals surface area contributed by atoms with E-state index in [0.717, 1.165) is 18.4 Å². The number of sulfone groups is 1. The van der Waals surface area contributed by atoms with Crippen molar-refractivity contribution in [1.82, 2.24) is 0 Å². The Bertz CT molecular complexity index is 635. The van der Waals surface area contributed by atoms with E-state index >= 15 is 0 Å². The van der Waals surface area contributed by atoms with E-state index in [0.29, 0.717) is 11.3 Å². The molecule has 102 valence electrons. The molecule has 0 aromatic heterocycles. The Morgan fingerprint density at radius 1 is 1.26 bits per heavy atom. The van der Waals surface area contributed by atoms with Gasteiger partial charge in [-0.25, -0.2) is 8.42 Å². The topological polar surface area (TPSA) is 51.2 Å². The van der Waals surface area contributed by atoms with Crippen LogP contribution in [0.1, 0.15) is 24.8 Å². The van der Waals surface area contributed by atoms with Crippen LogP contribution in [0.25, 0.3) is 0 Å². The largest absolute Gasteiger partial charge is 0.299 e. The van der Waals surface area contributed by atoms with Gasteiger partial charge in [-0.3, -0.25) is 4.79 Å². The molecule has 3 atom stereocenters. The van der Waals surface area contributed by atoms with Crippen LogP contribution in [0.3, 0.4) is 0 Å². The second-order valence-electron chi connectivity index (χ2n) is 5.46. The van der Waals surface area contributed by atoms with Crippen LogP contribution in [0.5, 0.6) is 0 Å². The van der Waals surface area contributed by atoms with E-state index in [-0.39, 0.29) is 17.6 Å². The fourth-order valence-electron chi connectivity index (χ4n) is 3.12. The van der Waals surface area contributed by atoms with Crippen molar-refractivity contribution in [2.45, 2.75) is 33.8 Å². The van der Waals surface area contributed by atoms with Crippen LogP contribution in [0.15, 0.2) is 29.2 Å². The third-order valence-corrected chi connectivity index (χ3v) is 9.73. The lowest BCUT2D eigenvalue weighted by atomic mass is 10.00. The monoisotopic (exact) mass is 390 g/mol. The first-order chi connectivity index (χ1) is 8.89. The second-order valence-corrected chi connectivity index (χ2v) is 10.1. The van der Waals surface area contributed by atoms with Gasteiger partial charge in [0.15, 0.2) is 9.84 Å². The fourth-order valence-corrected chi connectivity index (χ4v) is 7.23. The summed E-state index contributed by atoms with van der Waals surface area (Å²) in [5, 5.41) is 0. The molecule has 2 fully saturated rings. The number of rotatable bonds is 2. The summed E-state index contributed by atoms with van der Waals surface area (Å²) in [6, 6.07) is 6.92. The Morgan fingerprint density at radius 2 is 1.89 bits per heavy atom. The van der Waals surface area contributed by atoms with Gasteiger partial charge in [-0.1, -0.05) is 40.3 Å². The number of fused-ring (bicyclic) bond motifs is 1. The maximum atomic E-state index is 12.8. The number of halogens is 1. The summed E-state index contributed by atoms with van der Waals surface area (Å²) in [5.74, 6) is -0.143. The number of carbonyl (C=O) groups excluding carboxylic acids is 1. The van der Waals surface area contributed by atoms with Crippen molar-refractivity contribution < 1.29 is 13.2 Å². The van der Waals surface area contributed by atoms with E-state index in [1.165, 1.54) is 0 Å². The van der Waals surface area contributed by atoms with Crippen LogP contribution in [-0.4, -0.2) is 17.0 Å². The number of alkyl halides is 1. The molecule has 0 saturated heterocycles. The maximum absolute atomic E-state index is 12.8. The summed E-state index contributed by atoms with van der Waals surface area (Å²) in [4.78, 5) is 12.3. The number of carbonyl (C=O) groups is 1. The zero-order chi connectivity index (χ0) is 13.8. The predicted molar refractivity (Wildman–Crippen MR) is 81.0 cm³/mol. The van der Waals surface area contributed by atoms with Gasteiger partial charge >= 0.3 is 0 Å². The summed E-state index contributed by atoms with van der Waals surface area (Å²) >= 11 is 2.01. The van der Waals surface area contributed by atoms with Gasteiger partial charge in [0.25, 0.3) is 0 Å². The highest BCUT2D eigenvalue weighted by Gasteiger charge is 2.74. The minimum atomic E-state index is -3.43. The molecule has 0 amide bonds. The van der Waals surface area contributed by atoms with Crippen molar-refractivity contribution in [3.63, 3.8) is 0 Å². The molecule has 0 N–H and O–H groups in total. The van der Waals surface area contributed by atoms with E-state index in [9.17, 15) is 13.2 Å². The summed E-state index contributed by atoms with van der Waals surface area (Å²) in [7, 11) is -3.43. The number of hydrogen-bond donors (Lipinski definition) is 0. The highest BCUT2D eigenvalue weighted by molar-refractivity contribution is 14.1. The van der Waals surface area contributed by atoms with Gasteiger partial charge in [0.1, 0.15) is 8.54 Å². The van der Waals surface area contributed by atoms with E-state index in [2.05, 4.69) is 0 Å². The molecule has 2 aliphatic rings. The van der Waals surface area contributed by atoms with Crippen molar-refractivity contribution in [1.29, 1.82) is 0 Å². The highest BCUT2D eigenvalue weighted by atomic mass is 127. The van der Waals surface area contributed by atoms with Gasteiger partial charge in [0, 0.05) is 12.3 Å². The van der Waals surface area contributed by atoms with Gasteiger partial charge in [-0.15, -0.1) is 0 Å². The molecule has 2 aliphatic carbocycles. The van der Waals surface area contributed by atoms with Gasteiger partial charge in [0.2, 0.25) is 0 Å². The van der Waals surface area contributed by atoms with Gasteiger partial charge in [-0.2, -0.15) is 0 Å². The Kier molecular flexibility index (Phi) is 3.05. The molecule has 1 aromatic carbocycles. The lowest BCUT2D eigenvalue weighted by Gasteiger charge is -2.11. The minimum absolute atomic E-state index is 0.0145. The van der Waals surface area contributed by atoms with E-state index in [1.807, 2.05) is 29.5 Å². The van der Waals surface area contributed by atoms with Crippen molar-refractivity contribution in [2.75, 3.05) is 0 Å². The van der Waals surface area contributed by atoms with Crippen molar-refractivity contribution >= 4 is 38.2 Å². The number of benzene rings is 1. The molecule has 5 heteroatoms. The van der Waals surface area contributed by atoms with Crippen LogP contribution in [0, 0.1) is 18.8 Å². The average molecular weight is 390 g/mol. The average Bonchev–Trinajstić information content (AvgIpc) is 3.00. The molecule has 1 aromatic rings. The summed E-state index contributed by atoms with van der Waals surface area (Å²) in [5.41, 5.74) is 1.03. The molecule has 0 aliphatic heterocycles. The Balaban J connectivity index is 2.02. The van der Waals surface area contributed by atoms with Crippen molar-refractivity contribution in [3.8, 4) is 0 Å². The first-order valence-electron chi connectivity index (χ1n) is 6.42. The first-order valence-corrected chi connectivity index (χ1v) is 8.98. The Labute approximate surface area is 126 Å². The molecule has 3 nitrogen and oxygen atoms in total. The third kappa shape index (κ3) is 1.81. The predicted octanol–water partition coefficient (Wildman–Crippen LogP) is 2.90. The third-order valence-electron chi connectivity index (χ3n) is 4.25. The van der Waals surface area contributed by atoms with Crippen LogP contribution in [-0.2, 0) is 14.6 Å². The number of ketones is 1. The number of hydrogen-bond acceptors (Lipinski definition) is 3. The quantitative estimate of drug-likeness (QED) is 0.577. The van der Waals surface area contributed by atoms with Crippen molar-refractivity contribution in [2.24, 2.45) is 11.8 Å². The van der Waals surface area contributed by atoms with Crippen LogP contribution in [0.4, 0.5) is 0 Å². The lowest BCUT2D eigenvalue weighted by molar-refractivity contribution is -0.121. The normalized spacial score (nSPS) is 33.9. The SMILES string of the molecule is Cc1ccc(S(=O)(=O)C2(I)C3CCCC(=O)C32)cc1. The van der Waals surface area contributed by atoms with E-state index in [4.69, 9.17) is 0 Å². The summed E-state index contributed by atoms with van der Waals surface area (Å²) < 4.78 is 24.7. The maximum Gasteiger partial charge on any atom is 0.194 e. The van der Waals surface area contributed by atoms with Gasteiger partial charge in [0.05, 0.1) is 10.8 Å². The molecular weight excluding hydrogens is 375 g/mol. The Hall–Kier alpha value is -0.430. The molecule has 3 unspecified atom stereocenters. The molecule has 0 bridgehead atoms. The summed E-state index contributed by atoms with van der Waals surface area (Å²) in [6.07, 6.45) is 2.22. The molecule has 0 radical (unpaired) electrons. The molecule has 2 saturated carbocycles. The van der Waals surface area contributed by atoms with Crippen molar-refractivity contribution in [3.05, 3.63) is 29.8 Å². The molecule has 3 rings (SSSR count). The Morgan fingerprint density at radius 3 is 2.47 bits per heavy atom. The molecular formula is C14H15IO3S. The molecule has 0 spiro atoms. The van der Waals surface area contributed by atoms with Gasteiger partial charge < -0.3 is 0 Å². The molecule has 0 heterocycles. The first kappa shape index (κ1) is 13.5. The zero-order valence-electron chi connectivity index (χ0n) is 10.6. The standard InChI is InChI=1S/C14H15IO3S/c1-9-5-7-10(8-6-9)19(17,18)14(15)11-3-2-4-12(16)13(11)14/h5-8,11,13H,2-4H2,1H3.